The smallest absolute Gasteiger partial charge is 0.223 e. The fourth-order valence-corrected chi connectivity index (χ4v) is 2.57. The molecular weight excluding hydrogens is 272 g/mol. The van der Waals surface area contributed by atoms with Crippen molar-refractivity contribution in [3.05, 3.63) is 29.8 Å². The Bertz CT molecular complexity index is 504. The van der Waals surface area contributed by atoms with E-state index in [9.17, 15) is 4.79 Å². The molecule has 108 valence electrons. The zero-order chi connectivity index (χ0) is 14.5. The van der Waals surface area contributed by atoms with E-state index in [1.807, 2.05) is 29.2 Å². The van der Waals surface area contributed by atoms with Gasteiger partial charge in [-0.3, -0.25) is 4.79 Å². The van der Waals surface area contributed by atoms with E-state index in [1.54, 1.807) is 0 Å². The summed E-state index contributed by atoms with van der Waals surface area (Å²) in [5, 5.41) is 0. The van der Waals surface area contributed by atoms with E-state index in [4.69, 9.17) is 22.7 Å². The lowest BCUT2D eigenvalue weighted by Gasteiger charge is -2.17. The monoisotopic (exact) mass is 292 g/mol. The Morgan fingerprint density at radius 1 is 1.50 bits per heavy atom. The second-order valence-electron chi connectivity index (χ2n) is 5.03. The fourth-order valence-electron chi connectivity index (χ4n) is 2.41. The molecule has 0 saturated carbocycles. The fraction of sp³-hybridized carbons (Fsp3) is 0.467. The predicted octanol–water partition coefficient (Wildman–Crippen LogP) is 1.96. The SMILES string of the molecule is CCC1CC(=O)N(CCOc2ccccc2C(N)=S)C1. The highest BCUT2D eigenvalue weighted by Gasteiger charge is 2.27. The summed E-state index contributed by atoms with van der Waals surface area (Å²) >= 11 is 4.99. The van der Waals surface area contributed by atoms with E-state index in [1.165, 1.54) is 0 Å². The number of likely N-dealkylation sites (tertiary alicyclic amines) is 1. The Morgan fingerprint density at radius 3 is 2.90 bits per heavy atom. The van der Waals surface area contributed by atoms with Gasteiger partial charge < -0.3 is 15.4 Å². The summed E-state index contributed by atoms with van der Waals surface area (Å²) < 4.78 is 5.72. The van der Waals surface area contributed by atoms with E-state index in [0.717, 1.165) is 18.5 Å². The van der Waals surface area contributed by atoms with Crippen molar-refractivity contribution in [3.8, 4) is 5.75 Å². The number of carbonyl (C=O) groups is 1. The number of carbonyl (C=O) groups excluding carboxylic acids is 1. The Kier molecular flexibility index (Phi) is 4.95. The normalized spacial score (nSPS) is 18.4. The molecule has 2 rings (SSSR count). The van der Waals surface area contributed by atoms with Gasteiger partial charge in [-0.15, -0.1) is 0 Å². The van der Waals surface area contributed by atoms with Gasteiger partial charge in [-0.25, -0.2) is 0 Å². The Morgan fingerprint density at radius 2 is 2.25 bits per heavy atom. The van der Waals surface area contributed by atoms with E-state index in [-0.39, 0.29) is 5.91 Å². The molecule has 0 aromatic heterocycles. The van der Waals surface area contributed by atoms with Gasteiger partial charge in [0.15, 0.2) is 0 Å². The average molecular weight is 292 g/mol. The third-order valence-corrected chi connectivity index (χ3v) is 3.86. The van der Waals surface area contributed by atoms with Crippen LogP contribution in [0.2, 0.25) is 0 Å². The Balaban J connectivity index is 1.88. The minimum absolute atomic E-state index is 0.225. The van der Waals surface area contributed by atoms with Gasteiger partial charge in [-0.1, -0.05) is 37.7 Å². The minimum atomic E-state index is 0.225. The maximum Gasteiger partial charge on any atom is 0.223 e. The molecule has 1 aliphatic rings. The number of benzene rings is 1. The standard InChI is InChI=1S/C15H20N2O2S/c1-2-11-9-14(18)17(10-11)7-8-19-13-6-4-3-5-12(13)15(16)20/h3-6,11H,2,7-10H2,1H3,(H2,16,20). The van der Waals surface area contributed by atoms with Crippen LogP contribution >= 0.6 is 12.2 Å². The Labute approximate surface area is 124 Å². The molecule has 0 bridgehead atoms. The molecule has 1 fully saturated rings. The van der Waals surface area contributed by atoms with Crippen LogP contribution in [0.15, 0.2) is 24.3 Å². The average Bonchev–Trinajstić information content (AvgIpc) is 2.80. The zero-order valence-corrected chi connectivity index (χ0v) is 12.5. The van der Waals surface area contributed by atoms with Gasteiger partial charge in [0, 0.05) is 13.0 Å². The van der Waals surface area contributed by atoms with Crippen molar-refractivity contribution in [1.82, 2.24) is 4.90 Å². The number of para-hydroxylation sites is 1. The van der Waals surface area contributed by atoms with Crippen LogP contribution in [0.4, 0.5) is 0 Å². The second-order valence-corrected chi connectivity index (χ2v) is 5.47. The molecule has 0 spiro atoms. The number of hydrogen-bond donors (Lipinski definition) is 1. The van der Waals surface area contributed by atoms with E-state index < -0.39 is 0 Å². The zero-order valence-electron chi connectivity index (χ0n) is 11.7. The first kappa shape index (κ1) is 14.8. The molecule has 1 aliphatic heterocycles. The molecule has 1 aromatic carbocycles. The quantitative estimate of drug-likeness (QED) is 0.814. The maximum atomic E-state index is 11.8. The highest BCUT2D eigenvalue weighted by atomic mass is 32.1. The van der Waals surface area contributed by atoms with Crippen molar-refractivity contribution < 1.29 is 9.53 Å². The number of ether oxygens (including phenoxy) is 1. The number of rotatable bonds is 6. The molecule has 0 radical (unpaired) electrons. The molecule has 4 nitrogen and oxygen atoms in total. The van der Waals surface area contributed by atoms with Gasteiger partial charge in [-0.2, -0.15) is 0 Å². The van der Waals surface area contributed by atoms with Crippen LogP contribution in [-0.2, 0) is 4.79 Å². The van der Waals surface area contributed by atoms with Crippen LogP contribution in [0.25, 0.3) is 0 Å². The van der Waals surface area contributed by atoms with Crippen LogP contribution in [0.3, 0.4) is 0 Å². The highest BCUT2D eigenvalue weighted by molar-refractivity contribution is 7.80. The molecular formula is C15H20N2O2S. The Hall–Kier alpha value is -1.62. The molecule has 1 unspecified atom stereocenters. The lowest BCUT2D eigenvalue weighted by atomic mass is 10.1. The molecule has 1 atom stereocenters. The minimum Gasteiger partial charge on any atom is -0.491 e. The number of nitrogens with zero attached hydrogens (tertiary/aromatic N) is 1. The molecule has 5 heteroatoms. The summed E-state index contributed by atoms with van der Waals surface area (Å²) in [6.07, 6.45) is 1.72. The van der Waals surface area contributed by atoms with Crippen LogP contribution in [0, 0.1) is 5.92 Å². The second kappa shape index (κ2) is 6.70. The van der Waals surface area contributed by atoms with Crippen molar-refractivity contribution >= 4 is 23.1 Å². The van der Waals surface area contributed by atoms with Crippen molar-refractivity contribution in [2.45, 2.75) is 19.8 Å². The lowest BCUT2D eigenvalue weighted by molar-refractivity contribution is -0.128. The van der Waals surface area contributed by atoms with E-state index >= 15 is 0 Å². The van der Waals surface area contributed by atoms with Crippen molar-refractivity contribution in [2.24, 2.45) is 11.7 Å². The molecule has 1 heterocycles. The first-order chi connectivity index (χ1) is 9.61. The van der Waals surface area contributed by atoms with Crippen LogP contribution in [0.5, 0.6) is 5.75 Å². The van der Waals surface area contributed by atoms with Crippen molar-refractivity contribution in [3.63, 3.8) is 0 Å². The van der Waals surface area contributed by atoms with Gasteiger partial charge in [0.2, 0.25) is 5.91 Å². The van der Waals surface area contributed by atoms with Crippen LogP contribution < -0.4 is 10.5 Å². The van der Waals surface area contributed by atoms with Gasteiger partial charge >= 0.3 is 0 Å². The number of hydrogen-bond acceptors (Lipinski definition) is 3. The summed E-state index contributed by atoms with van der Waals surface area (Å²) in [4.78, 5) is 14.0. The topological polar surface area (TPSA) is 55.6 Å². The largest absolute Gasteiger partial charge is 0.491 e. The third kappa shape index (κ3) is 3.48. The van der Waals surface area contributed by atoms with Gasteiger partial charge in [-0.05, 0) is 18.1 Å². The number of thiocarbonyl (C=S) groups is 1. The lowest BCUT2D eigenvalue weighted by Crippen LogP contribution is -2.30. The van der Waals surface area contributed by atoms with Crippen molar-refractivity contribution in [2.75, 3.05) is 19.7 Å². The van der Waals surface area contributed by atoms with Gasteiger partial charge in [0.25, 0.3) is 0 Å². The summed E-state index contributed by atoms with van der Waals surface area (Å²) in [5.41, 5.74) is 6.39. The molecule has 1 aromatic rings. The van der Waals surface area contributed by atoms with Crippen LogP contribution in [0.1, 0.15) is 25.3 Å². The van der Waals surface area contributed by atoms with Gasteiger partial charge in [0.05, 0.1) is 12.1 Å². The first-order valence-electron chi connectivity index (χ1n) is 6.91. The summed E-state index contributed by atoms with van der Waals surface area (Å²) in [7, 11) is 0. The van der Waals surface area contributed by atoms with Gasteiger partial charge in [0.1, 0.15) is 17.3 Å². The predicted molar refractivity (Wildman–Crippen MR) is 82.8 cm³/mol. The summed E-state index contributed by atoms with van der Waals surface area (Å²) in [6, 6.07) is 7.43. The third-order valence-electron chi connectivity index (χ3n) is 3.64. The molecule has 1 amide bonds. The molecule has 1 saturated heterocycles. The van der Waals surface area contributed by atoms with E-state index in [2.05, 4.69) is 6.92 Å². The highest BCUT2D eigenvalue weighted by Crippen LogP contribution is 2.21. The summed E-state index contributed by atoms with van der Waals surface area (Å²) in [5.74, 6) is 1.40. The van der Waals surface area contributed by atoms with Crippen LogP contribution in [-0.4, -0.2) is 35.5 Å². The number of amides is 1. The molecule has 20 heavy (non-hydrogen) atoms. The maximum absolute atomic E-state index is 11.8. The molecule has 0 aliphatic carbocycles. The number of nitrogens with two attached hydrogens (primary N) is 1. The summed E-state index contributed by atoms with van der Waals surface area (Å²) in [6.45, 7) is 4.04. The first-order valence-corrected chi connectivity index (χ1v) is 7.32. The van der Waals surface area contributed by atoms with Crippen molar-refractivity contribution in [1.29, 1.82) is 0 Å². The molecule has 2 N–H and O–H groups in total. The van der Waals surface area contributed by atoms with E-state index in [0.29, 0.717) is 36.2 Å².